The Labute approximate surface area is 42.5 Å². The Morgan fingerprint density at radius 3 is 2.50 bits per heavy atom. The molecule has 0 unspecified atom stereocenters. The van der Waals surface area contributed by atoms with Crippen LogP contribution < -0.4 is 0 Å². The van der Waals surface area contributed by atoms with Crippen molar-refractivity contribution in [3.8, 4) is 0 Å². The zero-order valence-electron chi connectivity index (χ0n) is 3.85. The number of hydrogen-bond donors (Lipinski definition) is 1. The van der Waals surface area contributed by atoms with Gasteiger partial charge >= 0.3 is 0 Å². The Balaban J connectivity index is 2.26. The van der Waals surface area contributed by atoms with Crippen molar-refractivity contribution in [2.75, 3.05) is 5.75 Å². The number of hydrogen-bond acceptors (Lipinski definition) is 0. The van der Waals surface area contributed by atoms with Gasteiger partial charge in [-0.1, -0.05) is 5.37 Å². The van der Waals surface area contributed by atoms with E-state index in [0.29, 0.717) is 0 Å². The highest BCUT2D eigenvalue weighted by molar-refractivity contribution is 7.97. The second-order valence-corrected chi connectivity index (χ2v) is 2.76. The monoisotopic (exact) mass is 102 g/mol. The molecule has 0 nitrogen and oxygen atoms in total. The van der Waals surface area contributed by atoms with E-state index in [2.05, 4.69) is 5.37 Å². The Kier molecular flexibility index (Phi) is 1.75. The Hall–Kier alpha value is 0.220. The molecule has 1 aliphatic heterocycles. The van der Waals surface area contributed by atoms with Crippen molar-refractivity contribution in [2.45, 2.75) is 19.3 Å². The van der Waals surface area contributed by atoms with E-state index in [-0.39, 0.29) is 0 Å². The normalized spacial score (nSPS) is 22.7. The summed E-state index contributed by atoms with van der Waals surface area (Å²) in [6.07, 6.45) is 4.26. The molecule has 0 aromatic heterocycles. The minimum atomic E-state index is 1.36. The van der Waals surface area contributed by atoms with Gasteiger partial charge in [0.2, 0.25) is 0 Å². The molecule has 0 radical (unpaired) electrons. The quantitative estimate of drug-likeness (QED) is 0.347. The van der Waals surface area contributed by atoms with Crippen LogP contribution in [-0.2, 0) is 0 Å². The zero-order chi connectivity index (χ0) is 4.24. The van der Waals surface area contributed by atoms with Crippen LogP contribution in [-0.4, -0.2) is 11.1 Å². The first-order valence-corrected chi connectivity index (χ1v) is 3.63. The SMILES string of the molecule is C1=[SH]CCCC1. The van der Waals surface area contributed by atoms with Crippen LogP contribution in [0.2, 0.25) is 0 Å². The summed E-state index contributed by atoms with van der Waals surface area (Å²) in [5.74, 6) is 1.42. The molecule has 0 saturated heterocycles. The molecule has 0 spiro atoms. The van der Waals surface area contributed by atoms with Gasteiger partial charge in [0.25, 0.3) is 0 Å². The van der Waals surface area contributed by atoms with Crippen molar-refractivity contribution >= 4 is 16.7 Å². The molecule has 1 rings (SSSR count). The van der Waals surface area contributed by atoms with Crippen molar-refractivity contribution in [2.24, 2.45) is 0 Å². The number of thiol groups is 1. The first-order valence-electron chi connectivity index (χ1n) is 2.48. The number of rotatable bonds is 0. The van der Waals surface area contributed by atoms with Crippen LogP contribution in [0.25, 0.3) is 0 Å². The summed E-state index contributed by atoms with van der Waals surface area (Å²) in [5, 5.41) is 2.36. The van der Waals surface area contributed by atoms with Gasteiger partial charge in [-0.25, -0.2) is 11.4 Å². The maximum atomic E-state index is 2.36. The smallest absolute Gasteiger partial charge is 0.0148 e. The molecule has 0 bridgehead atoms. The summed E-state index contributed by atoms with van der Waals surface area (Å²) >= 11 is 1.57. The Morgan fingerprint density at radius 1 is 1.33 bits per heavy atom. The second-order valence-electron chi connectivity index (χ2n) is 1.58. The Morgan fingerprint density at radius 2 is 2.33 bits per heavy atom. The van der Waals surface area contributed by atoms with Gasteiger partial charge in [-0.3, -0.25) is 0 Å². The average molecular weight is 102 g/mol. The predicted octanol–water partition coefficient (Wildman–Crippen LogP) is 1.44. The van der Waals surface area contributed by atoms with E-state index in [9.17, 15) is 0 Å². The van der Waals surface area contributed by atoms with Crippen LogP contribution in [0.3, 0.4) is 0 Å². The Bertz CT molecular complexity index is 49.0. The van der Waals surface area contributed by atoms with E-state index in [0.717, 1.165) is 0 Å². The minimum absolute atomic E-state index is 1.36. The van der Waals surface area contributed by atoms with Crippen molar-refractivity contribution in [1.82, 2.24) is 0 Å². The van der Waals surface area contributed by atoms with Gasteiger partial charge in [0.1, 0.15) is 0 Å². The highest BCUT2D eigenvalue weighted by atomic mass is 32.1. The lowest BCUT2D eigenvalue weighted by molar-refractivity contribution is 0.850. The standard InChI is InChI=1S/C5H10S/c1-2-4-6-5-3-1/h4,6H,1-3,5H2. The molecule has 0 atom stereocenters. The molecule has 36 valence electrons. The molecular weight excluding hydrogens is 92.1 g/mol. The summed E-state index contributed by atoms with van der Waals surface area (Å²) in [6, 6.07) is 0. The summed E-state index contributed by atoms with van der Waals surface area (Å²) in [7, 11) is 0. The lowest BCUT2D eigenvalue weighted by Crippen LogP contribution is -1.84. The third kappa shape index (κ3) is 1.13. The fourth-order valence-electron chi connectivity index (χ4n) is 0.621. The van der Waals surface area contributed by atoms with Gasteiger partial charge in [-0.15, -0.1) is 0 Å². The van der Waals surface area contributed by atoms with Crippen LogP contribution in [0.1, 0.15) is 19.3 Å². The fraction of sp³-hybridized carbons (Fsp3) is 0.800. The molecule has 0 aliphatic carbocycles. The molecule has 0 aromatic rings. The molecule has 0 amide bonds. The van der Waals surface area contributed by atoms with E-state index in [1.807, 2.05) is 0 Å². The third-order valence-electron chi connectivity index (χ3n) is 1.000. The van der Waals surface area contributed by atoms with Crippen molar-refractivity contribution in [1.29, 1.82) is 0 Å². The van der Waals surface area contributed by atoms with Gasteiger partial charge in [0.15, 0.2) is 0 Å². The highest BCUT2D eigenvalue weighted by Gasteiger charge is 1.86. The van der Waals surface area contributed by atoms with Crippen molar-refractivity contribution in [3.63, 3.8) is 0 Å². The van der Waals surface area contributed by atoms with Crippen molar-refractivity contribution in [3.05, 3.63) is 0 Å². The molecule has 1 aliphatic rings. The predicted molar refractivity (Wildman–Crippen MR) is 33.8 cm³/mol. The van der Waals surface area contributed by atoms with E-state index in [4.69, 9.17) is 0 Å². The topological polar surface area (TPSA) is 0 Å². The van der Waals surface area contributed by atoms with E-state index >= 15 is 0 Å². The lowest BCUT2D eigenvalue weighted by atomic mass is 10.3. The fourth-order valence-corrected chi connectivity index (χ4v) is 1.58. The minimum Gasteiger partial charge on any atom is -0.204 e. The van der Waals surface area contributed by atoms with Crippen LogP contribution in [0.5, 0.6) is 0 Å². The van der Waals surface area contributed by atoms with E-state index < -0.39 is 0 Å². The average Bonchev–Trinajstić information content (AvgIpc) is 1.72. The largest absolute Gasteiger partial charge is 0.204 e. The van der Waals surface area contributed by atoms with Crippen LogP contribution >= 0.6 is 11.4 Å². The molecule has 0 N–H and O–H groups in total. The third-order valence-corrected chi connectivity index (χ3v) is 2.09. The van der Waals surface area contributed by atoms with Crippen molar-refractivity contribution < 1.29 is 0 Å². The summed E-state index contributed by atoms with van der Waals surface area (Å²) < 4.78 is 0. The first-order chi connectivity index (χ1) is 3.00. The maximum absolute atomic E-state index is 2.36. The molecule has 0 fully saturated rings. The second kappa shape index (κ2) is 2.40. The highest BCUT2D eigenvalue weighted by Crippen LogP contribution is 2.04. The lowest BCUT2D eigenvalue weighted by Gasteiger charge is -1.98. The summed E-state index contributed by atoms with van der Waals surface area (Å²) in [5.41, 5.74) is 0. The molecular formula is C5H10S. The first kappa shape index (κ1) is 4.38. The zero-order valence-corrected chi connectivity index (χ0v) is 4.75. The van der Waals surface area contributed by atoms with E-state index in [1.54, 1.807) is 11.4 Å². The van der Waals surface area contributed by atoms with Gasteiger partial charge in [0, 0.05) is 0 Å². The molecule has 1 heteroatoms. The molecule has 0 aromatic carbocycles. The van der Waals surface area contributed by atoms with Crippen LogP contribution in [0, 0.1) is 0 Å². The van der Waals surface area contributed by atoms with E-state index in [1.165, 1.54) is 25.0 Å². The van der Waals surface area contributed by atoms with Crippen LogP contribution in [0.15, 0.2) is 0 Å². The summed E-state index contributed by atoms with van der Waals surface area (Å²) in [6.45, 7) is 0. The van der Waals surface area contributed by atoms with Gasteiger partial charge < -0.3 is 0 Å². The van der Waals surface area contributed by atoms with Gasteiger partial charge in [0.05, 0.1) is 0 Å². The van der Waals surface area contributed by atoms with Gasteiger partial charge in [-0.2, -0.15) is 0 Å². The molecule has 1 heterocycles. The van der Waals surface area contributed by atoms with Crippen LogP contribution in [0.4, 0.5) is 0 Å². The van der Waals surface area contributed by atoms with Gasteiger partial charge in [-0.05, 0) is 25.0 Å². The molecule has 0 saturated carbocycles. The maximum Gasteiger partial charge on any atom is -0.0148 e. The summed E-state index contributed by atoms with van der Waals surface area (Å²) in [4.78, 5) is 0. The molecule has 6 heavy (non-hydrogen) atoms.